The van der Waals surface area contributed by atoms with E-state index in [-0.39, 0.29) is 5.91 Å². The molecule has 1 unspecified atom stereocenters. The minimum absolute atomic E-state index is 0.282. The molecule has 0 saturated heterocycles. The van der Waals surface area contributed by atoms with E-state index in [0.29, 0.717) is 25.1 Å². The van der Waals surface area contributed by atoms with Crippen LogP contribution in [0.5, 0.6) is 0 Å². The summed E-state index contributed by atoms with van der Waals surface area (Å²) in [6.45, 7) is 0.841. The number of cyclic esters (lactones) is 1. The summed E-state index contributed by atoms with van der Waals surface area (Å²) in [6.07, 6.45) is -0.329. The van der Waals surface area contributed by atoms with Crippen LogP contribution in [0, 0.1) is 0 Å². The third-order valence-corrected chi connectivity index (χ3v) is 2.79. The van der Waals surface area contributed by atoms with Crippen LogP contribution in [0.2, 0.25) is 0 Å². The molecule has 1 aliphatic rings. The van der Waals surface area contributed by atoms with Gasteiger partial charge in [-0.15, -0.1) is 0 Å². The van der Waals surface area contributed by atoms with Gasteiger partial charge >= 0.3 is 5.97 Å². The Morgan fingerprint density at radius 1 is 1.50 bits per heavy atom. The summed E-state index contributed by atoms with van der Waals surface area (Å²) >= 11 is 0. The van der Waals surface area contributed by atoms with Crippen LogP contribution in [0.25, 0.3) is 0 Å². The number of methoxy groups -OCH3 is 1. The van der Waals surface area contributed by atoms with Crippen LogP contribution in [0.4, 0.5) is 0 Å². The first kappa shape index (κ1) is 12.6. The van der Waals surface area contributed by atoms with Crippen molar-refractivity contribution in [3.63, 3.8) is 0 Å². The predicted molar refractivity (Wildman–Crippen MR) is 64.2 cm³/mol. The first-order chi connectivity index (χ1) is 8.72. The number of benzene rings is 1. The molecule has 0 fully saturated rings. The Bertz CT molecular complexity index is 458. The van der Waals surface area contributed by atoms with Crippen molar-refractivity contribution in [3.8, 4) is 0 Å². The van der Waals surface area contributed by atoms with Gasteiger partial charge in [0.15, 0.2) is 6.10 Å². The zero-order valence-electron chi connectivity index (χ0n) is 10.1. The highest BCUT2D eigenvalue weighted by atomic mass is 16.5. The van der Waals surface area contributed by atoms with E-state index < -0.39 is 12.1 Å². The minimum atomic E-state index is -0.746. The maximum absolute atomic E-state index is 11.8. The van der Waals surface area contributed by atoms with Gasteiger partial charge in [-0.05, 0) is 11.6 Å². The van der Waals surface area contributed by atoms with Crippen LogP contribution < -0.4 is 5.32 Å². The highest BCUT2D eigenvalue weighted by Gasteiger charge is 2.30. The van der Waals surface area contributed by atoms with Crippen molar-refractivity contribution in [2.24, 2.45) is 0 Å². The van der Waals surface area contributed by atoms with E-state index in [4.69, 9.17) is 9.47 Å². The average Bonchev–Trinajstić information content (AvgIpc) is 2.39. The molecule has 0 bridgehead atoms. The second kappa shape index (κ2) is 5.64. The van der Waals surface area contributed by atoms with E-state index in [1.165, 1.54) is 0 Å². The van der Waals surface area contributed by atoms with E-state index in [1.54, 1.807) is 19.2 Å². The van der Waals surface area contributed by atoms with E-state index in [0.717, 1.165) is 5.56 Å². The molecule has 5 heteroatoms. The fourth-order valence-electron chi connectivity index (χ4n) is 1.87. The Hall–Kier alpha value is -1.88. The fraction of sp³-hybridized carbons (Fsp3) is 0.385. The molecule has 0 saturated carbocycles. The summed E-state index contributed by atoms with van der Waals surface area (Å²) in [5.41, 5.74) is 1.39. The summed E-state index contributed by atoms with van der Waals surface area (Å²) in [5, 5.41) is 2.66. The Balaban J connectivity index is 2.02. The quantitative estimate of drug-likeness (QED) is 0.624. The lowest BCUT2D eigenvalue weighted by Crippen LogP contribution is -2.42. The maximum atomic E-state index is 11.8. The van der Waals surface area contributed by atoms with Crippen molar-refractivity contribution >= 4 is 11.9 Å². The molecular formula is C13H15NO4. The summed E-state index contributed by atoms with van der Waals surface area (Å²) in [7, 11) is 1.56. The molecule has 1 heterocycles. The van der Waals surface area contributed by atoms with E-state index in [1.807, 2.05) is 12.1 Å². The molecule has 96 valence electrons. The van der Waals surface area contributed by atoms with Crippen LogP contribution in [-0.4, -0.2) is 38.2 Å². The summed E-state index contributed by atoms with van der Waals surface area (Å²) < 4.78 is 9.95. The number of nitrogens with one attached hydrogen (secondary N) is 1. The van der Waals surface area contributed by atoms with Crippen molar-refractivity contribution in [3.05, 3.63) is 35.4 Å². The fourth-order valence-corrected chi connectivity index (χ4v) is 1.87. The predicted octanol–water partition coefficient (Wildman–Crippen LogP) is 0.531. The number of hydrogen-bond acceptors (Lipinski definition) is 4. The number of fused-ring (bicyclic) bond motifs is 1. The summed E-state index contributed by atoms with van der Waals surface area (Å²) in [5.74, 6) is -0.723. The molecule has 0 radical (unpaired) electrons. The smallest absolute Gasteiger partial charge is 0.339 e. The molecule has 1 amide bonds. The van der Waals surface area contributed by atoms with Gasteiger partial charge in [-0.25, -0.2) is 4.79 Å². The van der Waals surface area contributed by atoms with Crippen LogP contribution >= 0.6 is 0 Å². The van der Waals surface area contributed by atoms with Crippen molar-refractivity contribution in [1.29, 1.82) is 0 Å². The molecule has 5 nitrogen and oxygen atoms in total. The molecule has 2 rings (SSSR count). The molecule has 1 aromatic rings. The van der Waals surface area contributed by atoms with Gasteiger partial charge < -0.3 is 14.8 Å². The van der Waals surface area contributed by atoms with Gasteiger partial charge in [0.1, 0.15) is 0 Å². The second-order valence-electron chi connectivity index (χ2n) is 4.04. The molecule has 1 N–H and O–H groups in total. The average molecular weight is 249 g/mol. The van der Waals surface area contributed by atoms with E-state index in [2.05, 4.69) is 5.32 Å². The Labute approximate surface area is 105 Å². The van der Waals surface area contributed by atoms with Gasteiger partial charge in [-0.3, -0.25) is 4.79 Å². The van der Waals surface area contributed by atoms with Crippen LogP contribution in [0.1, 0.15) is 15.9 Å². The SMILES string of the molecule is COCCNC(=O)C1Cc2ccccc2C(=O)O1. The number of rotatable bonds is 4. The van der Waals surface area contributed by atoms with Crippen LogP contribution in [0.3, 0.4) is 0 Å². The number of hydrogen-bond donors (Lipinski definition) is 1. The largest absolute Gasteiger partial charge is 0.448 e. The van der Waals surface area contributed by atoms with E-state index >= 15 is 0 Å². The highest BCUT2D eigenvalue weighted by Crippen LogP contribution is 2.20. The van der Waals surface area contributed by atoms with Gasteiger partial charge in [0.2, 0.25) is 0 Å². The second-order valence-corrected chi connectivity index (χ2v) is 4.04. The lowest BCUT2D eigenvalue weighted by atomic mass is 9.98. The molecule has 1 aromatic carbocycles. The van der Waals surface area contributed by atoms with Crippen molar-refractivity contribution in [2.45, 2.75) is 12.5 Å². The minimum Gasteiger partial charge on any atom is -0.448 e. The zero-order valence-corrected chi connectivity index (χ0v) is 10.1. The Morgan fingerprint density at radius 3 is 3.06 bits per heavy atom. The third-order valence-electron chi connectivity index (χ3n) is 2.79. The first-order valence-electron chi connectivity index (χ1n) is 5.78. The lowest BCUT2D eigenvalue weighted by Gasteiger charge is -2.23. The molecule has 0 spiro atoms. The molecule has 1 aliphatic heterocycles. The van der Waals surface area contributed by atoms with Crippen molar-refractivity contribution < 1.29 is 19.1 Å². The first-order valence-corrected chi connectivity index (χ1v) is 5.78. The third kappa shape index (κ3) is 2.68. The van der Waals surface area contributed by atoms with Gasteiger partial charge in [-0.1, -0.05) is 18.2 Å². The van der Waals surface area contributed by atoms with Crippen molar-refractivity contribution in [1.82, 2.24) is 5.32 Å². The molecular weight excluding hydrogens is 234 g/mol. The van der Waals surface area contributed by atoms with Crippen molar-refractivity contribution in [2.75, 3.05) is 20.3 Å². The molecule has 1 atom stereocenters. The van der Waals surface area contributed by atoms with E-state index in [9.17, 15) is 9.59 Å². The molecule has 0 aromatic heterocycles. The number of amides is 1. The van der Waals surface area contributed by atoms with Gasteiger partial charge in [0.05, 0.1) is 12.2 Å². The standard InChI is InChI=1S/C13H15NO4/c1-17-7-6-14-12(15)11-8-9-4-2-3-5-10(9)13(16)18-11/h2-5,11H,6-8H2,1H3,(H,14,15). The molecule has 18 heavy (non-hydrogen) atoms. The monoisotopic (exact) mass is 249 g/mol. The van der Waals surface area contributed by atoms with Gasteiger partial charge in [0.25, 0.3) is 5.91 Å². The van der Waals surface area contributed by atoms with Gasteiger partial charge in [0, 0.05) is 20.1 Å². The molecule has 0 aliphatic carbocycles. The zero-order chi connectivity index (χ0) is 13.0. The topological polar surface area (TPSA) is 64.6 Å². The highest BCUT2D eigenvalue weighted by molar-refractivity contribution is 5.95. The lowest BCUT2D eigenvalue weighted by molar-refractivity contribution is -0.130. The Kier molecular flexibility index (Phi) is 3.94. The maximum Gasteiger partial charge on any atom is 0.339 e. The number of ether oxygens (including phenoxy) is 2. The normalized spacial score (nSPS) is 17.8. The summed E-state index contributed by atoms with van der Waals surface area (Å²) in [4.78, 5) is 23.5. The number of carbonyl (C=O) groups is 2. The number of esters is 1. The van der Waals surface area contributed by atoms with Crippen LogP contribution in [0.15, 0.2) is 24.3 Å². The number of carbonyl (C=O) groups excluding carboxylic acids is 2. The van der Waals surface area contributed by atoms with Gasteiger partial charge in [-0.2, -0.15) is 0 Å². The Morgan fingerprint density at radius 2 is 2.28 bits per heavy atom. The summed E-state index contributed by atoms with van der Waals surface area (Å²) in [6, 6.07) is 7.16. The van der Waals surface area contributed by atoms with Crippen LogP contribution in [-0.2, 0) is 20.7 Å².